The first-order chi connectivity index (χ1) is 10.6. The molecule has 0 bridgehead atoms. The molecular weight excluding hydrogens is 283 g/mol. The van der Waals surface area contributed by atoms with Crippen molar-refractivity contribution in [1.29, 1.82) is 0 Å². The molecule has 0 unspecified atom stereocenters. The Bertz CT molecular complexity index is 821. The molecule has 2 aromatic heterocycles. The van der Waals surface area contributed by atoms with Gasteiger partial charge < -0.3 is 16.8 Å². The molecule has 0 aliphatic carbocycles. The van der Waals surface area contributed by atoms with Gasteiger partial charge in [0.2, 0.25) is 5.95 Å². The molecule has 5 N–H and O–H groups in total. The lowest BCUT2D eigenvalue weighted by molar-refractivity contribution is 0.632. The number of aromatic nitrogens is 3. The van der Waals surface area contributed by atoms with Gasteiger partial charge in [0.15, 0.2) is 0 Å². The third-order valence-corrected chi connectivity index (χ3v) is 3.01. The Hall–Kier alpha value is -3.22. The molecule has 6 nitrogen and oxygen atoms in total. The van der Waals surface area contributed by atoms with Gasteiger partial charge in [-0.15, -0.1) is 0 Å². The van der Waals surface area contributed by atoms with E-state index in [1.165, 1.54) is 18.2 Å². The van der Waals surface area contributed by atoms with Crippen LogP contribution in [0.1, 0.15) is 0 Å². The van der Waals surface area contributed by atoms with Gasteiger partial charge >= 0.3 is 0 Å². The van der Waals surface area contributed by atoms with Crippen LogP contribution in [0.5, 0.6) is 0 Å². The summed E-state index contributed by atoms with van der Waals surface area (Å²) in [7, 11) is 0. The van der Waals surface area contributed by atoms with E-state index in [0.717, 1.165) is 0 Å². The minimum absolute atomic E-state index is 0.205. The van der Waals surface area contributed by atoms with Crippen molar-refractivity contribution in [2.24, 2.45) is 0 Å². The van der Waals surface area contributed by atoms with Crippen LogP contribution in [0, 0.1) is 5.82 Å². The first kappa shape index (κ1) is 13.7. The normalized spacial score (nSPS) is 10.4. The van der Waals surface area contributed by atoms with Crippen LogP contribution in [0.4, 0.5) is 27.5 Å². The summed E-state index contributed by atoms with van der Waals surface area (Å²) < 4.78 is 13.7. The highest BCUT2D eigenvalue weighted by Crippen LogP contribution is 2.24. The lowest BCUT2D eigenvalue weighted by Gasteiger charge is -2.09. The molecule has 22 heavy (non-hydrogen) atoms. The van der Waals surface area contributed by atoms with E-state index in [4.69, 9.17) is 11.5 Å². The van der Waals surface area contributed by atoms with Crippen molar-refractivity contribution in [3.8, 4) is 11.3 Å². The predicted octanol–water partition coefficient (Wildman–Crippen LogP) is 2.59. The second-order valence-electron chi connectivity index (χ2n) is 4.57. The maximum absolute atomic E-state index is 13.7. The monoisotopic (exact) mass is 296 g/mol. The van der Waals surface area contributed by atoms with Crippen LogP contribution in [0.2, 0.25) is 0 Å². The van der Waals surface area contributed by atoms with E-state index in [1.54, 1.807) is 30.6 Å². The van der Waals surface area contributed by atoms with Gasteiger partial charge in [0.1, 0.15) is 11.6 Å². The molecule has 0 radical (unpaired) electrons. The van der Waals surface area contributed by atoms with Crippen molar-refractivity contribution in [3.63, 3.8) is 0 Å². The fourth-order valence-electron chi connectivity index (χ4n) is 1.96. The van der Waals surface area contributed by atoms with Crippen LogP contribution < -0.4 is 16.8 Å². The number of hydrogen-bond acceptors (Lipinski definition) is 6. The summed E-state index contributed by atoms with van der Waals surface area (Å²) in [5.74, 6) is 0.164. The summed E-state index contributed by atoms with van der Waals surface area (Å²) in [5.41, 5.74) is 13.4. The minimum Gasteiger partial charge on any atom is -0.399 e. The Morgan fingerprint density at radius 2 is 1.86 bits per heavy atom. The van der Waals surface area contributed by atoms with Crippen LogP contribution in [0.3, 0.4) is 0 Å². The van der Waals surface area contributed by atoms with Crippen LogP contribution in [-0.2, 0) is 0 Å². The molecule has 3 rings (SSSR count). The molecule has 0 amide bonds. The lowest BCUT2D eigenvalue weighted by atomic mass is 10.2. The fourth-order valence-corrected chi connectivity index (χ4v) is 1.96. The number of nitrogens with zero attached hydrogens (tertiary/aromatic N) is 3. The van der Waals surface area contributed by atoms with E-state index >= 15 is 0 Å². The highest BCUT2D eigenvalue weighted by molar-refractivity contribution is 5.71. The highest BCUT2D eigenvalue weighted by Gasteiger charge is 2.08. The van der Waals surface area contributed by atoms with Gasteiger partial charge in [-0.3, -0.25) is 0 Å². The molecule has 0 fully saturated rings. The average molecular weight is 296 g/mol. The van der Waals surface area contributed by atoms with Crippen molar-refractivity contribution in [3.05, 3.63) is 54.6 Å². The maximum Gasteiger partial charge on any atom is 0.227 e. The molecule has 110 valence electrons. The number of nitrogens with two attached hydrogens (primary N) is 2. The zero-order valence-corrected chi connectivity index (χ0v) is 11.5. The smallest absolute Gasteiger partial charge is 0.227 e. The van der Waals surface area contributed by atoms with E-state index < -0.39 is 5.82 Å². The number of nitrogens with one attached hydrogen (secondary N) is 1. The van der Waals surface area contributed by atoms with Gasteiger partial charge in [0.05, 0.1) is 11.4 Å². The quantitative estimate of drug-likeness (QED) is 0.642. The van der Waals surface area contributed by atoms with Crippen LogP contribution >= 0.6 is 0 Å². The molecule has 2 heterocycles. The molecule has 0 spiro atoms. The number of hydrogen-bond donors (Lipinski definition) is 3. The fraction of sp³-hybridized carbons (Fsp3) is 0. The Kier molecular flexibility index (Phi) is 3.53. The maximum atomic E-state index is 13.7. The molecule has 0 aliphatic rings. The average Bonchev–Trinajstić information content (AvgIpc) is 2.52. The van der Waals surface area contributed by atoms with E-state index in [2.05, 4.69) is 20.3 Å². The Morgan fingerprint density at radius 3 is 2.68 bits per heavy atom. The Morgan fingerprint density at radius 1 is 1.00 bits per heavy atom. The van der Waals surface area contributed by atoms with E-state index in [-0.39, 0.29) is 11.6 Å². The summed E-state index contributed by atoms with van der Waals surface area (Å²) in [5, 5.41) is 2.80. The van der Waals surface area contributed by atoms with Crippen molar-refractivity contribution in [2.75, 3.05) is 16.8 Å². The standard InChI is InChI=1S/C15H13FN6/c16-11-4-3-9(17)8-13(11)22-15-20-7-5-12(21-15)10-2-1-6-19-14(10)18/h1-8H,17H2,(H2,18,19)(H,20,21,22). The van der Waals surface area contributed by atoms with Crippen LogP contribution in [-0.4, -0.2) is 15.0 Å². The Balaban J connectivity index is 1.95. The van der Waals surface area contributed by atoms with Gasteiger partial charge in [-0.05, 0) is 36.4 Å². The predicted molar refractivity (Wildman–Crippen MR) is 83.8 cm³/mol. The van der Waals surface area contributed by atoms with Gasteiger partial charge in [-0.1, -0.05) is 0 Å². The third-order valence-electron chi connectivity index (χ3n) is 3.01. The molecule has 0 saturated carbocycles. The second kappa shape index (κ2) is 5.65. The topological polar surface area (TPSA) is 103 Å². The van der Waals surface area contributed by atoms with E-state index in [9.17, 15) is 4.39 Å². The van der Waals surface area contributed by atoms with Crippen LogP contribution in [0.15, 0.2) is 48.8 Å². The first-order valence-corrected chi connectivity index (χ1v) is 6.49. The van der Waals surface area contributed by atoms with E-state index in [0.29, 0.717) is 22.8 Å². The number of halogens is 1. The van der Waals surface area contributed by atoms with Crippen LogP contribution in [0.25, 0.3) is 11.3 Å². The molecule has 0 saturated heterocycles. The second-order valence-corrected chi connectivity index (χ2v) is 4.57. The number of anilines is 4. The SMILES string of the molecule is Nc1ccc(F)c(Nc2nccc(-c3cccnc3N)n2)c1. The van der Waals surface area contributed by atoms with Crippen molar-refractivity contribution < 1.29 is 4.39 Å². The summed E-state index contributed by atoms with van der Waals surface area (Å²) in [6.07, 6.45) is 3.16. The van der Waals surface area contributed by atoms with Gasteiger partial charge in [0.25, 0.3) is 0 Å². The largest absolute Gasteiger partial charge is 0.399 e. The van der Waals surface area contributed by atoms with Gasteiger partial charge in [-0.25, -0.2) is 19.3 Å². The zero-order valence-electron chi connectivity index (χ0n) is 11.5. The van der Waals surface area contributed by atoms with E-state index in [1.807, 2.05) is 0 Å². The highest BCUT2D eigenvalue weighted by atomic mass is 19.1. The Labute approximate surface area is 126 Å². The molecule has 0 aliphatic heterocycles. The number of pyridine rings is 1. The van der Waals surface area contributed by atoms with Crippen molar-refractivity contribution in [2.45, 2.75) is 0 Å². The lowest BCUT2D eigenvalue weighted by Crippen LogP contribution is -2.01. The molecule has 7 heteroatoms. The number of rotatable bonds is 3. The zero-order chi connectivity index (χ0) is 15.5. The third kappa shape index (κ3) is 2.78. The minimum atomic E-state index is -0.441. The summed E-state index contributed by atoms with van der Waals surface area (Å²) in [4.78, 5) is 12.4. The summed E-state index contributed by atoms with van der Waals surface area (Å²) in [6, 6.07) is 9.50. The summed E-state index contributed by atoms with van der Waals surface area (Å²) in [6.45, 7) is 0. The molecule has 3 aromatic rings. The molecule has 0 atom stereocenters. The summed E-state index contributed by atoms with van der Waals surface area (Å²) >= 11 is 0. The van der Waals surface area contributed by atoms with Crippen molar-refractivity contribution >= 4 is 23.1 Å². The van der Waals surface area contributed by atoms with Gasteiger partial charge in [-0.2, -0.15) is 0 Å². The molecule has 1 aromatic carbocycles. The van der Waals surface area contributed by atoms with Gasteiger partial charge in [0, 0.05) is 23.6 Å². The molecular formula is C15H13FN6. The number of benzene rings is 1. The van der Waals surface area contributed by atoms with Crippen molar-refractivity contribution in [1.82, 2.24) is 15.0 Å². The number of nitrogen functional groups attached to an aromatic ring is 2. The first-order valence-electron chi connectivity index (χ1n) is 6.49.